The highest BCUT2D eigenvalue weighted by atomic mass is 127. The maximum atomic E-state index is 11.9. The molecule has 0 bridgehead atoms. The first-order chi connectivity index (χ1) is 8.68. The summed E-state index contributed by atoms with van der Waals surface area (Å²) in [6, 6.07) is 9.70. The summed E-state index contributed by atoms with van der Waals surface area (Å²) < 4.78 is 2.17. The molecule has 0 amide bonds. The Bertz CT molecular complexity index is 666. The van der Waals surface area contributed by atoms with Crippen LogP contribution in [0.2, 0.25) is 0 Å². The summed E-state index contributed by atoms with van der Waals surface area (Å²) in [5.74, 6) is 5.99. The van der Waals surface area contributed by atoms with Gasteiger partial charge in [-0.15, -0.1) is 0 Å². The fraction of sp³-hybridized carbons (Fsp3) is 0.143. The highest BCUT2D eigenvalue weighted by molar-refractivity contribution is 14.1. The molecule has 90 valence electrons. The molecule has 1 aromatic carbocycles. The normalized spacial score (nSPS) is 9.67. The predicted molar refractivity (Wildman–Crippen MR) is 79.3 cm³/mol. The van der Waals surface area contributed by atoms with E-state index in [1.165, 1.54) is 4.57 Å². The maximum Gasteiger partial charge on any atom is 0.267 e. The fourth-order valence-electron chi connectivity index (χ4n) is 1.41. The number of hydrogen-bond acceptors (Lipinski definition) is 2. The SMILES string of the molecule is Cc1ncn(CC#Cc2ccccc2)c(=O)c1I. The van der Waals surface area contributed by atoms with Gasteiger partial charge in [-0.2, -0.15) is 0 Å². The minimum Gasteiger partial charge on any atom is -0.286 e. The Hall–Kier alpha value is -1.61. The molecule has 0 aliphatic carbocycles. The van der Waals surface area contributed by atoms with Crippen molar-refractivity contribution in [3.8, 4) is 11.8 Å². The third-order valence-electron chi connectivity index (χ3n) is 2.41. The van der Waals surface area contributed by atoms with Gasteiger partial charge in [0.05, 0.1) is 22.1 Å². The van der Waals surface area contributed by atoms with Gasteiger partial charge in [0, 0.05) is 5.56 Å². The molecule has 0 aliphatic heterocycles. The predicted octanol–water partition coefficient (Wildman–Crippen LogP) is 2.21. The molecular weight excluding hydrogens is 339 g/mol. The van der Waals surface area contributed by atoms with Gasteiger partial charge in [-0.3, -0.25) is 9.36 Å². The van der Waals surface area contributed by atoms with Crippen LogP contribution in [0.3, 0.4) is 0 Å². The van der Waals surface area contributed by atoms with E-state index in [-0.39, 0.29) is 5.56 Å². The third-order valence-corrected chi connectivity index (χ3v) is 3.65. The molecule has 0 fully saturated rings. The third kappa shape index (κ3) is 2.99. The van der Waals surface area contributed by atoms with Crippen molar-refractivity contribution in [3.63, 3.8) is 0 Å². The second-order valence-corrected chi connectivity index (χ2v) is 4.82. The van der Waals surface area contributed by atoms with E-state index in [4.69, 9.17) is 0 Å². The van der Waals surface area contributed by atoms with Crippen molar-refractivity contribution in [2.75, 3.05) is 0 Å². The summed E-state index contributed by atoms with van der Waals surface area (Å²) in [6.45, 7) is 2.18. The number of nitrogens with zero attached hydrogens (tertiary/aromatic N) is 2. The minimum absolute atomic E-state index is 0.0366. The standard InChI is InChI=1S/C14H11IN2O/c1-11-13(15)14(18)17(10-16-11)9-5-8-12-6-3-2-4-7-12/h2-4,6-7,10H,9H2,1H3. The first-order valence-corrected chi connectivity index (χ1v) is 6.52. The van der Waals surface area contributed by atoms with Gasteiger partial charge < -0.3 is 0 Å². The molecule has 0 saturated heterocycles. The Kier molecular flexibility index (Phi) is 4.15. The minimum atomic E-state index is -0.0366. The molecule has 2 aromatic rings. The molecule has 4 heteroatoms. The molecular formula is C14H11IN2O. The average Bonchev–Trinajstić information content (AvgIpc) is 2.40. The van der Waals surface area contributed by atoms with Gasteiger partial charge in [0.2, 0.25) is 0 Å². The van der Waals surface area contributed by atoms with Crippen LogP contribution in [0.15, 0.2) is 41.5 Å². The highest BCUT2D eigenvalue weighted by Gasteiger charge is 2.03. The Balaban J connectivity index is 2.20. The zero-order chi connectivity index (χ0) is 13.0. The van der Waals surface area contributed by atoms with E-state index in [9.17, 15) is 4.79 Å². The van der Waals surface area contributed by atoms with Crippen LogP contribution >= 0.6 is 22.6 Å². The topological polar surface area (TPSA) is 34.9 Å². The first-order valence-electron chi connectivity index (χ1n) is 5.44. The summed E-state index contributed by atoms with van der Waals surface area (Å²) in [5, 5.41) is 0. The lowest BCUT2D eigenvalue weighted by atomic mass is 10.2. The molecule has 0 spiro atoms. The monoisotopic (exact) mass is 350 g/mol. The number of hydrogen-bond donors (Lipinski definition) is 0. The molecule has 0 atom stereocenters. The largest absolute Gasteiger partial charge is 0.286 e. The summed E-state index contributed by atoms with van der Waals surface area (Å²) in [7, 11) is 0. The van der Waals surface area contributed by atoms with Gasteiger partial charge >= 0.3 is 0 Å². The smallest absolute Gasteiger partial charge is 0.267 e. The Morgan fingerprint density at radius 2 is 2.06 bits per heavy atom. The summed E-state index contributed by atoms with van der Waals surface area (Å²) in [4.78, 5) is 16.0. The number of benzene rings is 1. The van der Waals surface area contributed by atoms with E-state index in [0.29, 0.717) is 10.1 Å². The molecule has 0 aliphatic rings. The van der Waals surface area contributed by atoms with Gasteiger partial charge in [0.1, 0.15) is 0 Å². The van der Waals surface area contributed by atoms with Crippen molar-refractivity contribution in [1.82, 2.24) is 9.55 Å². The number of halogens is 1. The van der Waals surface area contributed by atoms with Crippen LogP contribution in [0.25, 0.3) is 0 Å². The van der Waals surface area contributed by atoms with Crippen molar-refractivity contribution < 1.29 is 0 Å². The molecule has 0 radical (unpaired) electrons. The van der Waals surface area contributed by atoms with Crippen LogP contribution in [-0.4, -0.2) is 9.55 Å². The van der Waals surface area contributed by atoms with E-state index in [2.05, 4.69) is 16.8 Å². The van der Waals surface area contributed by atoms with Crippen LogP contribution in [0.1, 0.15) is 11.3 Å². The number of aryl methyl sites for hydroxylation is 1. The summed E-state index contributed by atoms with van der Waals surface area (Å²) in [5.41, 5.74) is 1.67. The number of rotatable bonds is 1. The van der Waals surface area contributed by atoms with Gasteiger partial charge in [-0.25, -0.2) is 4.98 Å². The lowest BCUT2D eigenvalue weighted by molar-refractivity contribution is 0.753. The van der Waals surface area contributed by atoms with Crippen molar-refractivity contribution in [3.05, 3.63) is 61.8 Å². The fourth-order valence-corrected chi connectivity index (χ4v) is 1.86. The van der Waals surface area contributed by atoms with Crippen molar-refractivity contribution >= 4 is 22.6 Å². The van der Waals surface area contributed by atoms with Crippen molar-refractivity contribution in [1.29, 1.82) is 0 Å². The molecule has 0 unspecified atom stereocenters. The van der Waals surface area contributed by atoms with Crippen LogP contribution in [0, 0.1) is 22.3 Å². The van der Waals surface area contributed by atoms with Gasteiger partial charge in [0.15, 0.2) is 0 Å². The van der Waals surface area contributed by atoms with Crippen LogP contribution in [0.4, 0.5) is 0 Å². The lowest BCUT2D eigenvalue weighted by Crippen LogP contribution is -2.23. The van der Waals surface area contributed by atoms with Crippen molar-refractivity contribution in [2.45, 2.75) is 13.5 Å². The molecule has 1 aromatic heterocycles. The van der Waals surface area contributed by atoms with Crippen LogP contribution in [-0.2, 0) is 6.54 Å². The maximum absolute atomic E-state index is 11.9. The molecule has 0 N–H and O–H groups in total. The van der Waals surface area contributed by atoms with Crippen molar-refractivity contribution in [2.24, 2.45) is 0 Å². The van der Waals surface area contributed by atoms with Gasteiger partial charge in [-0.05, 0) is 41.6 Å². The van der Waals surface area contributed by atoms with E-state index in [1.54, 1.807) is 6.33 Å². The average molecular weight is 350 g/mol. The zero-order valence-electron chi connectivity index (χ0n) is 9.85. The molecule has 2 rings (SSSR count). The van der Waals surface area contributed by atoms with Gasteiger partial charge in [0.25, 0.3) is 5.56 Å². The first kappa shape index (κ1) is 12.8. The molecule has 3 nitrogen and oxygen atoms in total. The molecule has 1 heterocycles. The Labute approximate surface area is 119 Å². The summed E-state index contributed by atoms with van der Waals surface area (Å²) in [6.07, 6.45) is 1.54. The Morgan fingerprint density at radius 1 is 1.33 bits per heavy atom. The van der Waals surface area contributed by atoms with Gasteiger partial charge in [-0.1, -0.05) is 30.0 Å². The summed E-state index contributed by atoms with van der Waals surface area (Å²) >= 11 is 2.01. The van der Waals surface area contributed by atoms with E-state index in [0.717, 1.165) is 11.3 Å². The van der Waals surface area contributed by atoms with Crippen LogP contribution in [0.5, 0.6) is 0 Å². The second-order valence-electron chi connectivity index (χ2n) is 3.74. The molecule has 18 heavy (non-hydrogen) atoms. The second kappa shape index (κ2) is 5.83. The number of aromatic nitrogens is 2. The zero-order valence-corrected chi connectivity index (χ0v) is 12.0. The molecule has 0 saturated carbocycles. The van der Waals surface area contributed by atoms with E-state index >= 15 is 0 Å². The lowest BCUT2D eigenvalue weighted by Gasteiger charge is -2.02. The Morgan fingerprint density at radius 3 is 2.78 bits per heavy atom. The quantitative estimate of drug-likeness (QED) is 0.584. The van der Waals surface area contributed by atoms with E-state index in [1.807, 2.05) is 59.8 Å². The van der Waals surface area contributed by atoms with E-state index < -0.39 is 0 Å². The van der Waals surface area contributed by atoms with Crippen LogP contribution < -0.4 is 5.56 Å². The highest BCUT2D eigenvalue weighted by Crippen LogP contribution is 2.01.